The summed E-state index contributed by atoms with van der Waals surface area (Å²) < 4.78 is 5.08. The van der Waals surface area contributed by atoms with Crippen LogP contribution in [0.4, 0.5) is 5.69 Å². The molecule has 24 heavy (non-hydrogen) atoms. The van der Waals surface area contributed by atoms with Gasteiger partial charge in [-0.2, -0.15) is 5.10 Å². The Morgan fingerprint density at radius 1 is 1.12 bits per heavy atom. The van der Waals surface area contributed by atoms with Crippen molar-refractivity contribution in [1.29, 1.82) is 0 Å². The minimum Gasteiger partial charge on any atom is -0.423 e. The molecule has 2 N–H and O–H groups in total. The van der Waals surface area contributed by atoms with Gasteiger partial charge in [0.05, 0.1) is 5.52 Å². The molecule has 0 aliphatic heterocycles. The molecule has 0 bridgehead atoms. The zero-order valence-corrected chi connectivity index (χ0v) is 12.8. The van der Waals surface area contributed by atoms with Gasteiger partial charge in [-0.05, 0) is 43.3 Å². The predicted molar refractivity (Wildman–Crippen MR) is 91.3 cm³/mol. The predicted octanol–water partition coefficient (Wildman–Crippen LogP) is 3.23. The minimum atomic E-state index is -0.405. The lowest BCUT2D eigenvalue weighted by Crippen LogP contribution is -2.12. The number of nitrogens with one attached hydrogen (secondary N) is 2. The van der Waals surface area contributed by atoms with Gasteiger partial charge in [-0.25, -0.2) is 4.79 Å². The summed E-state index contributed by atoms with van der Waals surface area (Å²) in [5, 5.41) is 11.3. The molecular formula is C18H13N3O3. The van der Waals surface area contributed by atoms with Crippen molar-refractivity contribution in [1.82, 2.24) is 10.2 Å². The number of nitrogens with zero attached hydrogens (tertiary/aromatic N) is 1. The molecule has 1 amide bonds. The van der Waals surface area contributed by atoms with Crippen LogP contribution in [0.2, 0.25) is 0 Å². The van der Waals surface area contributed by atoms with E-state index in [4.69, 9.17) is 4.42 Å². The summed E-state index contributed by atoms with van der Waals surface area (Å²) in [7, 11) is 0. The molecule has 2 heterocycles. The number of anilines is 1. The molecular weight excluding hydrogens is 306 g/mol. The first kappa shape index (κ1) is 14.2. The van der Waals surface area contributed by atoms with Crippen molar-refractivity contribution in [3.63, 3.8) is 0 Å². The van der Waals surface area contributed by atoms with Crippen molar-refractivity contribution in [2.45, 2.75) is 6.92 Å². The Morgan fingerprint density at radius 2 is 2.00 bits per heavy atom. The summed E-state index contributed by atoms with van der Waals surface area (Å²) in [6, 6.07) is 13.9. The molecule has 0 aliphatic rings. The van der Waals surface area contributed by atoms with Crippen LogP contribution in [0.1, 0.15) is 16.1 Å². The monoisotopic (exact) mass is 319 g/mol. The first-order chi connectivity index (χ1) is 11.6. The topological polar surface area (TPSA) is 88.0 Å². The van der Waals surface area contributed by atoms with Gasteiger partial charge < -0.3 is 9.73 Å². The van der Waals surface area contributed by atoms with E-state index in [1.54, 1.807) is 24.3 Å². The van der Waals surface area contributed by atoms with Crippen LogP contribution < -0.4 is 10.9 Å². The molecule has 0 spiro atoms. The fraction of sp³-hybridized carbons (Fsp3) is 0.0556. The summed E-state index contributed by atoms with van der Waals surface area (Å²) in [6.07, 6.45) is 0. The summed E-state index contributed by atoms with van der Waals surface area (Å²) in [5.41, 5.74) is 2.88. The SMILES string of the molecule is Cc1ccc2[nH]nc(C(=O)Nc3ccc4oc(=O)ccc4c3)c2c1. The lowest BCUT2D eigenvalue weighted by atomic mass is 10.1. The van der Waals surface area contributed by atoms with Crippen molar-refractivity contribution in [3.8, 4) is 0 Å². The number of carbonyl (C=O) groups is 1. The van der Waals surface area contributed by atoms with E-state index in [2.05, 4.69) is 15.5 Å². The van der Waals surface area contributed by atoms with Gasteiger partial charge in [0.2, 0.25) is 0 Å². The van der Waals surface area contributed by atoms with Crippen LogP contribution in [-0.2, 0) is 0 Å². The van der Waals surface area contributed by atoms with Gasteiger partial charge in [-0.1, -0.05) is 11.6 Å². The van der Waals surface area contributed by atoms with Crippen molar-refractivity contribution < 1.29 is 9.21 Å². The molecule has 0 saturated heterocycles. The molecule has 0 saturated carbocycles. The van der Waals surface area contributed by atoms with Crippen LogP contribution in [0.3, 0.4) is 0 Å². The van der Waals surface area contributed by atoms with Gasteiger partial charge >= 0.3 is 5.63 Å². The Labute approximate surface area is 136 Å². The van der Waals surface area contributed by atoms with Gasteiger partial charge in [0.1, 0.15) is 5.58 Å². The first-order valence-electron chi connectivity index (χ1n) is 7.40. The highest BCUT2D eigenvalue weighted by Gasteiger charge is 2.14. The fourth-order valence-corrected chi connectivity index (χ4v) is 2.64. The summed E-state index contributed by atoms with van der Waals surface area (Å²) in [6.45, 7) is 1.96. The second-order valence-corrected chi connectivity index (χ2v) is 5.58. The fourth-order valence-electron chi connectivity index (χ4n) is 2.64. The van der Waals surface area contributed by atoms with E-state index in [0.29, 0.717) is 17.0 Å². The van der Waals surface area contributed by atoms with Crippen molar-refractivity contribution in [2.75, 3.05) is 5.32 Å². The third kappa shape index (κ3) is 2.44. The zero-order chi connectivity index (χ0) is 16.7. The largest absolute Gasteiger partial charge is 0.423 e. The van der Waals surface area contributed by atoms with Crippen LogP contribution in [0, 0.1) is 6.92 Å². The van der Waals surface area contributed by atoms with E-state index >= 15 is 0 Å². The van der Waals surface area contributed by atoms with Gasteiger partial charge in [-0.3, -0.25) is 9.89 Å². The molecule has 0 fully saturated rings. The van der Waals surface area contributed by atoms with Crippen molar-refractivity contribution in [2.24, 2.45) is 0 Å². The third-order valence-corrected chi connectivity index (χ3v) is 3.81. The van der Waals surface area contributed by atoms with Crippen molar-refractivity contribution >= 4 is 33.5 Å². The Hall–Kier alpha value is -3.41. The van der Waals surface area contributed by atoms with Gasteiger partial charge in [0.15, 0.2) is 5.69 Å². The Balaban J connectivity index is 1.69. The maximum atomic E-state index is 12.5. The van der Waals surface area contributed by atoms with E-state index in [1.807, 2.05) is 25.1 Å². The van der Waals surface area contributed by atoms with E-state index in [1.165, 1.54) is 6.07 Å². The molecule has 4 aromatic rings. The minimum absolute atomic E-state index is 0.302. The molecule has 4 rings (SSSR count). The molecule has 0 atom stereocenters. The van der Waals surface area contributed by atoms with Crippen molar-refractivity contribution in [3.05, 3.63) is 70.2 Å². The molecule has 0 unspecified atom stereocenters. The number of fused-ring (bicyclic) bond motifs is 2. The number of rotatable bonds is 2. The number of carbonyl (C=O) groups excluding carboxylic acids is 1. The van der Waals surface area contributed by atoms with Crippen LogP contribution in [0.5, 0.6) is 0 Å². The quantitative estimate of drug-likeness (QED) is 0.555. The highest BCUT2D eigenvalue weighted by atomic mass is 16.4. The number of aromatic nitrogens is 2. The maximum absolute atomic E-state index is 12.5. The number of benzene rings is 2. The van der Waals surface area contributed by atoms with E-state index in [0.717, 1.165) is 21.9 Å². The second kappa shape index (κ2) is 5.34. The molecule has 6 heteroatoms. The second-order valence-electron chi connectivity index (χ2n) is 5.58. The molecule has 118 valence electrons. The van der Waals surface area contributed by atoms with Gasteiger partial charge in [-0.15, -0.1) is 0 Å². The number of aromatic amines is 1. The summed E-state index contributed by atoms with van der Waals surface area (Å²) >= 11 is 0. The van der Waals surface area contributed by atoms with E-state index in [9.17, 15) is 9.59 Å². The first-order valence-corrected chi connectivity index (χ1v) is 7.40. The highest BCUT2D eigenvalue weighted by Crippen LogP contribution is 2.21. The third-order valence-electron chi connectivity index (χ3n) is 3.81. The zero-order valence-electron chi connectivity index (χ0n) is 12.8. The average Bonchev–Trinajstić information content (AvgIpc) is 2.98. The number of aryl methyl sites for hydroxylation is 1. The molecule has 0 aliphatic carbocycles. The number of hydrogen-bond acceptors (Lipinski definition) is 4. The van der Waals surface area contributed by atoms with Crippen LogP contribution in [-0.4, -0.2) is 16.1 Å². The Kier molecular flexibility index (Phi) is 3.16. The maximum Gasteiger partial charge on any atom is 0.336 e. The molecule has 2 aromatic carbocycles. The van der Waals surface area contributed by atoms with E-state index < -0.39 is 5.63 Å². The van der Waals surface area contributed by atoms with Crippen LogP contribution in [0.25, 0.3) is 21.9 Å². The smallest absolute Gasteiger partial charge is 0.336 e. The number of hydrogen-bond donors (Lipinski definition) is 2. The number of H-pyrrole nitrogens is 1. The number of amides is 1. The van der Waals surface area contributed by atoms with Gasteiger partial charge in [0.25, 0.3) is 5.91 Å². The molecule has 2 aromatic heterocycles. The Bertz CT molecular complexity index is 1140. The lowest BCUT2D eigenvalue weighted by Gasteiger charge is -2.05. The standard InChI is InChI=1S/C18H13N3O3/c1-10-2-5-14-13(8-10)17(21-20-14)18(23)19-12-4-6-15-11(9-12)3-7-16(22)24-15/h2-9H,1H3,(H,19,23)(H,20,21). The average molecular weight is 319 g/mol. The summed E-state index contributed by atoms with van der Waals surface area (Å²) in [4.78, 5) is 23.7. The normalized spacial score (nSPS) is 11.0. The van der Waals surface area contributed by atoms with E-state index in [-0.39, 0.29) is 5.91 Å². The van der Waals surface area contributed by atoms with Crippen LogP contribution >= 0.6 is 0 Å². The van der Waals surface area contributed by atoms with Crippen LogP contribution in [0.15, 0.2) is 57.7 Å². The highest BCUT2D eigenvalue weighted by molar-refractivity contribution is 6.11. The summed E-state index contributed by atoms with van der Waals surface area (Å²) in [5.74, 6) is -0.302. The molecule has 0 radical (unpaired) electrons. The van der Waals surface area contributed by atoms with Gasteiger partial charge in [0, 0.05) is 22.5 Å². The molecule has 6 nitrogen and oxygen atoms in total. The Morgan fingerprint density at radius 3 is 2.88 bits per heavy atom. The lowest BCUT2D eigenvalue weighted by molar-refractivity contribution is 0.102.